The highest BCUT2D eigenvalue weighted by Crippen LogP contribution is 2.14. The summed E-state index contributed by atoms with van der Waals surface area (Å²) in [4.78, 5) is 26.2. The van der Waals surface area contributed by atoms with Crippen molar-refractivity contribution >= 4 is 5.91 Å². The molecule has 3 rings (SSSR count). The summed E-state index contributed by atoms with van der Waals surface area (Å²) in [6, 6.07) is 6.47. The van der Waals surface area contributed by atoms with Crippen LogP contribution < -0.4 is 20.5 Å². The molecule has 0 unspecified atom stereocenters. The van der Waals surface area contributed by atoms with E-state index < -0.39 is 17.3 Å². The average molecular weight is 377 g/mol. The van der Waals surface area contributed by atoms with E-state index in [4.69, 9.17) is 9.47 Å². The van der Waals surface area contributed by atoms with Crippen molar-refractivity contribution < 1.29 is 23.6 Å². The Morgan fingerprint density at radius 2 is 2.04 bits per heavy atom. The van der Waals surface area contributed by atoms with Crippen LogP contribution in [0.15, 0.2) is 35.1 Å². The van der Waals surface area contributed by atoms with E-state index in [2.05, 4.69) is 10.4 Å². The summed E-state index contributed by atoms with van der Waals surface area (Å²) in [5, 5.41) is 6.94. The van der Waals surface area contributed by atoms with Gasteiger partial charge in [0.05, 0.1) is 45.2 Å². The predicted molar refractivity (Wildman–Crippen MR) is 95.1 cm³/mol. The van der Waals surface area contributed by atoms with Gasteiger partial charge in [0.1, 0.15) is 18.9 Å². The standard InChI is InChI=1S/C18H21FN4O4/c1-26-15-12-16(24)23(14-4-2-13(19)3-5-14)21-17(15)18(25)20-6-7-22-8-10-27-11-9-22/h2-5,12H,6-11H2,1H3,(H,20,25)/p+1. The molecule has 0 aliphatic carbocycles. The van der Waals surface area contributed by atoms with E-state index in [9.17, 15) is 14.0 Å². The third kappa shape index (κ3) is 4.69. The fraction of sp³-hybridized carbons (Fsp3) is 0.389. The number of hydrogen-bond donors (Lipinski definition) is 2. The van der Waals surface area contributed by atoms with E-state index in [0.29, 0.717) is 12.2 Å². The van der Waals surface area contributed by atoms with Crippen LogP contribution >= 0.6 is 0 Å². The molecule has 0 saturated carbocycles. The van der Waals surface area contributed by atoms with E-state index in [-0.39, 0.29) is 11.4 Å². The number of nitrogens with zero attached hydrogens (tertiary/aromatic N) is 2. The van der Waals surface area contributed by atoms with Crippen molar-refractivity contribution in [2.45, 2.75) is 0 Å². The maximum atomic E-state index is 13.1. The normalized spacial score (nSPS) is 14.7. The van der Waals surface area contributed by atoms with Gasteiger partial charge in [0.25, 0.3) is 11.5 Å². The summed E-state index contributed by atoms with van der Waals surface area (Å²) >= 11 is 0. The monoisotopic (exact) mass is 377 g/mol. The Labute approximate surface area is 155 Å². The van der Waals surface area contributed by atoms with Crippen LogP contribution in [0.3, 0.4) is 0 Å². The van der Waals surface area contributed by atoms with Crippen LogP contribution in [0.1, 0.15) is 10.5 Å². The molecule has 1 saturated heterocycles. The average Bonchev–Trinajstić information content (AvgIpc) is 2.69. The highest BCUT2D eigenvalue weighted by Gasteiger charge is 2.19. The maximum absolute atomic E-state index is 13.1. The van der Waals surface area contributed by atoms with Crippen LogP contribution in [-0.4, -0.2) is 62.2 Å². The molecule has 144 valence electrons. The number of carbonyl (C=O) groups is 1. The molecule has 1 fully saturated rings. The van der Waals surface area contributed by atoms with Gasteiger partial charge in [0, 0.05) is 0 Å². The SMILES string of the molecule is COc1cc(=O)n(-c2ccc(F)cc2)nc1C(=O)NCC[NH+]1CCOCC1. The molecule has 1 aliphatic rings. The van der Waals surface area contributed by atoms with E-state index >= 15 is 0 Å². The predicted octanol–water partition coefficient (Wildman–Crippen LogP) is -0.975. The van der Waals surface area contributed by atoms with E-state index in [1.54, 1.807) is 0 Å². The van der Waals surface area contributed by atoms with Crippen molar-refractivity contribution in [3.63, 3.8) is 0 Å². The summed E-state index contributed by atoms with van der Waals surface area (Å²) in [6.45, 7) is 4.51. The second kappa shape index (κ2) is 8.74. The molecule has 9 heteroatoms. The van der Waals surface area contributed by atoms with Gasteiger partial charge in [-0.3, -0.25) is 9.59 Å². The molecule has 0 bridgehead atoms. The Hall–Kier alpha value is -2.78. The van der Waals surface area contributed by atoms with E-state index in [1.807, 2.05) is 0 Å². The molecule has 0 radical (unpaired) electrons. The van der Waals surface area contributed by atoms with Crippen molar-refractivity contribution in [3.05, 3.63) is 52.2 Å². The quantitative estimate of drug-likeness (QED) is 0.676. The zero-order valence-electron chi connectivity index (χ0n) is 15.0. The Kier molecular flexibility index (Phi) is 6.15. The second-order valence-corrected chi connectivity index (χ2v) is 6.16. The lowest BCUT2D eigenvalue weighted by molar-refractivity contribution is -0.906. The van der Waals surface area contributed by atoms with E-state index in [0.717, 1.165) is 37.5 Å². The van der Waals surface area contributed by atoms with Gasteiger partial charge < -0.3 is 19.7 Å². The number of ether oxygens (including phenoxy) is 2. The molecule has 27 heavy (non-hydrogen) atoms. The first-order valence-corrected chi connectivity index (χ1v) is 8.72. The Morgan fingerprint density at radius 1 is 1.33 bits per heavy atom. The van der Waals surface area contributed by atoms with Gasteiger partial charge in [0.15, 0.2) is 11.4 Å². The van der Waals surface area contributed by atoms with E-state index in [1.165, 1.54) is 42.3 Å². The molecular weight excluding hydrogens is 355 g/mol. The molecule has 1 aliphatic heterocycles. The zero-order valence-corrected chi connectivity index (χ0v) is 15.0. The van der Waals surface area contributed by atoms with Gasteiger partial charge in [-0.05, 0) is 24.3 Å². The number of carbonyl (C=O) groups excluding carboxylic acids is 1. The minimum absolute atomic E-state index is 0.00148. The number of amides is 1. The van der Waals surface area contributed by atoms with Crippen molar-refractivity contribution in [3.8, 4) is 11.4 Å². The summed E-state index contributed by atoms with van der Waals surface area (Å²) in [7, 11) is 1.37. The minimum Gasteiger partial charge on any atom is -0.494 e. The van der Waals surface area contributed by atoms with Gasteiger partial charge in [0.2, 0.25) is 0 Å². The molecule has 2 heterocycles. The molecule has 0 atom stereocenters. The lowest BCUT2D eigenvalue weighted by Gasteiger charge is -2.23. The molecule has 1 aromatic heterocycles. The lowest BCUT2D eigenvalue weighted by Crippen LogP contribution is -3.14. The number of benzene rings is 1. The second-order valence-electron chi connectivity index (χ2n) is 6.16. The summed E-state index contributed by atoms with van der Waals surface area (Å²) in [5.74, 6) is -0.770. The Balaban J connectivity index is 1.76. The number of rotatable bonds is 6. The van der Waals surface area contributed by atoms with Crippen LogP contribution in [-0.2, 0) is 4.74 Å². The number of nitrogens with one attached hydrogen (secondary N) is 2. The number of aromatic nitrogens is 2. The third-order valence-electron chi connectivity index (χ3n) is 4.37. The first kappa shape index (κ1) is 19.0. The fourth-order valence-electron chi connectivity index (χ4n) is 2.87. The summed E-state index contributed by atoms with van der Waals surface area (Å²) in [5.41, 5.74) is -0.123. The van der Waals surface area contributed by atoms with Gasteiger partial charge in [-0.1, -0.05) is 0 Å². The lowest BCUT2D eigenvalue weighted by atomic mass is 10.3. The maximum Gasteiger partial charge on any atom is 0.275 e. The molecule has 0 spiro atoms. The summed E-state index contributed by atoms with van der Waals surface area (Å²) < 4.78 is 24.6. The number of methoxy groups -OCH3 is 1. The van der Waals surface area contributed by atoms with Crippen LogP contribution in [0.5, 0.6) is 5.75 Å². The number of hydrogen-bond acceptors (Lipinski definition) is 5. The number of quaternary nitrogens is 1. The molecular formula is C18H22FN4O4+. The summed E-state index contributed by atoms with van der Waals surface area (Å²) in [6.07, 6.45) is 0. The molecule has 8 nitrogen and oxygen atoms in total. The number of halogens is 1. The van der Waals surface area contributed by atoms with Crippen LogP contribution in [0.25, 0.3) is 5.69 Å². The highest BCUT2D eigenvalue weighted by molar-refractivity contribution is 5.94. The fourth-order valence-corrected chi connectivity index (χ4v) is 2.87. The van der Waals surface area contributed by atoms with Gasteiger partial charge in [-0.25, -0.2) is 4.39 Å². The van der Waals surface area contributed by atoms with Crippen molar-refractivity contribution in [1.82, 2.24) is 15.1 Å². The van der Waals surface area contributed by atoms with Crippen molar-refractivity contribution in [1.29, 1.82) is 0 Å². The topological polar surface area (TPSA) is 86.9 Å². The van der Waals surface area contributed by atoms with Crippen molar-refractivity contribution in [2.24, 2.45) is 0 Å². The van der Waals surface area contributed by atoms with Crippen LogP contribution in [0, 0.1) is 5.82 Å². The highest BCUT2D eigenvalue weighted by atomic mass is 19.1. The molecule has 1 amide bonds. The number of morpholine rings is 1. The largest absolute Gasteiger partial charge is 0.494 e. The molecule has 2 aromatic rings. The van der Waals surface area contributed by atoms with Gasteiger partial charge in [-0.2, -0.15) is 9.78 Å². The first-order valence-electron chi connectivity index (χ1n) is 8.72. The smallest absolute Gasteiger partial charge is 0.275 e. The Bertz CT molecular complexity index is 847. The Morgan fingerprint density at radius 3 is 2.70 bits per heavy atom. The third-order valence-corrected chi connectivity index (χ3v) is 4.37. The van der Waals surface area contributed by atoms with Crippen LogP contribution in [0.4, 0.5) is 4.39 Å². The van der Waals surface area contributed by atoms with Gasteiger partial charge in [-0.15, -0.1) is 0 Å². The molecule has 2 N–H and O–H groups in total. The van der Waals surface area contributed by atoms with Crippen LogP contribution in [0.2, 0.25) is 0 Å². The first-order chi connectivity index (χ1) is 13.1. The minimum atomic E-state index is -0.479. The van der Waals surface area contributed by atoms with Crippen molar-refractivity contribution in [2.75, 3.05) is 46.5 Å². The van der Waals surface area contributed by atoms with Gasteiger partial charge >= 0.3 is 0 Å². The zero-order chi connectivity index (χ0) is 19.2. The molecule has 1 aromatic carbocycles.